The fourth-order valence-electron chi connectivity index (χ4n) is 1.80. The van der Waals surface area contributed by atoms with Crippen molar-refractivity contribution in [2.24, 2.45) is 0 Å². The number of aliphatic hydroxyl groups excluding tert-OH is 2. The van der Waals surface area contributed by atoms with Crippen molar-refractivity contribution >= 4 is 5.82 Å². The van der Waals surface area contributed by atoms with Gasteiger partial charge in [-0.15, -0.1) is 0 Å². The molecule has 19 heavy (non-hydrogen) atoms. The van der Waals surface area contributed by atoms with E-state index in [4.69, 9.17) is 10.2 Å². The van der Waals surface area contributed by atoms with Crippen LogP contribution >= 0.6 is 0 Å². The zero-order valence-electron chi connectivity index (χ0n) is 10.8. The molecule has 0 saturated heterocycles. The molecule has 0 spiro atoms. The molecule has 2 aromatic heterocycles. The maximum Gasteiger partial charge on any atom is 0.237 e. The van der Waals surface area contributed by atoms with Gasteiger partial charge in [0.1, 0.15) is 11.6 Å². The monoisotopic (exact) mass is 263 g/mol. The summed E-state index contributed by atoms with van der Waals surface area (Å²) >= 11 is 0. The molecule has 2 rings (SSSR count). The molecule has 0 saturated carbocycles. The summed E-state index contributed by atoms with van der Waals surface area (Å²) < 4.78 is 1.78. The number of hydrogen-bond donors (Lipinski definition) is 2. The number of hydrogen-bond acceptors (Lipinski definition) is 6. The van der Waals surface area contributed by atoms with Crippen LogP contribution in [0.3, 0.4) is 0 Å². The van der Waals surface area contributed by atoms with E-state index in [-0.39, 0.29) is 13.2 Å². The Balaban J connectivity index is 2.30. The molecule has 102 valence electrons. The Morgan fingerprint density at radius 3 is 2.47 bits per heavy atom. The summed E-state index contributed by atoms with van der Waals surface area (Å²) in [6, 6.07) is 1.75. The van der Waals surface area contributed by atoms with E-state index in [0.29, 0.717) is 24.9 Å². The van der Waals surface area contributed by atoms with Gasteiger partial charge in [0, 0.05) is 31.7 Å². The molecule has 0 bridgehead atoms. The maximum absolute atomic E-state index is 9.04. The maximum atomic E-state index is 9.04. The highest BCUT2D eigenvalue weighted by Crippen LogP contribution is 2.12. The second kappa shape index (κ2) is 6.26. The second-order valence-electron chi connectivity index (χ2n) is 3.99. The van der Waals surface area contributed by atoms with E-state index in [2.05, 4.69) is 15.0 Å². The lowest BCUT2D eigenvalue weighted by atomic mass is 10.4. The number of anilines is 1. The first kappa shape index (κ1) is 13.4. The van der Waals surface area contributed by atoms with Crippen molar-refractivity contribution in [2.45, 2.75) is 6.92 Å². The van der Waals surface area contributed by atoms with E-state index in [1.54, 1.807) is 34.1 Å². The van der Waals surface area contributed by atoms with Crippen LogP contribution in [0.1, 0.15) is 5.82 Å². The molecule has 2 N–H and O–H groups in total. The topological polar surface area (TPSA) is 87.3 Å². The Kier molecular flexibility index (Phi) is 4.43. The molecule has 2 aromatic rings. The molecule has 7 heteroatoms. The van der Waals surface area contributed by atoms with Crippen molar-refractivity contribution in [1.82, 2.24) is 19.5 Å². The molecular weight excluding hydrogens is 246 g/mol. The van der Waals surface area contributed by atoms with E-state index >= 15 is 0 Å². The number of nitrogens with zero attached hydrogens (tertiary/aromatic N) is 5. The van der Waals surface area contributed by atoms with Crippen LogP contribution in [0, 0.1) is 6.92 Å². The summed E-state index contributed by atoms with van der Waals surface area (Å²) in [4.78, 5) is 14.6. The van der Waals surface area contributed by atoms with Gasteiger partial charge in [-0.3, -0.25) is 4.57 Å². The first-order chi connectivity index (χ1) is 9.26. The normalized spacial score (nSPS) is 10.7. The first-order valence-electron chi connectivity index (χ1n) is 6.06. The van der Waals surface area contributed by atoms with Crippen LogP contribution in [-0.2, 0) is 0 Å². The van der Waals surface area contributed by atoms with E-state index in [1.165, 1.54) is 0 Å². The van der Waals surface area contributed by atoms with Crippen LogP contribution in [0.25, 0.3) is 5.95 Å². The van der Waals surface area contributed by atoms with E-state index in [1.807, 2.05) is 6.92 Å². The van der Waals surface area contributed by atoms with Crippen molar-refractivity contribution in [2.75, 3.05) is 31.2 Å². The predicted octanol–water partition coefficient (Wildman–Crippen LogP) is -0.238. The van der Waals surface area contributed by atoms with Gasteiger partial charge in [-0.05, 0) is 13.0 Å². The zero-order chi connectivity index (χ0) is 13.7. The van der Waals surface area contributed by atoms with E-state index < -0.39 is 0 Å². The summed E-state index contributed by atoms with van der Waals surface area (Å²) in [7, 11) is 0. The summed E-state index contributed by atoms with van der Waals surface area (Å²) in [6.45, 7) is 2.71. The number of imidazole rings is 1. The molecule has 7 nitrogen and oxygen atoms in total. The molecule has 0 radical (unpaired) electrons. The smallest absolute Gasteiger partial charge is 0.237 e. The number of aromatic nitrogens is 4. The van der Waals surface area contributed by atoms with Gasteiger partial charge in [0.05, 0.1) is 13.2 Å². The van der Waals surface area contributed by atoms with Crippen molar-refractivity contribution in [3.8, 4) is 5.95 Å². The third-order valence-electron chi connectivity index (χ3n) is 2.73. The van der Waals surface area contributed by atoms with Gasteiger partial charge >= 0.3 is 0 Å². The average Bonchev–Trinajstić information content (AvgIpc) is 2.85. The zero-order valence-corrected chi connectivity index (χ0v) is 10.8. The van der Waals surface area contributed by atoms with Gasteiger partial charge in [0.25, 0.3) is 0 Å². The molecule has 0 aliphatic rings. The van der Waals surface area contributed by atoms with Crippen molar-refractivity contribution < 1.29 is 10.2 Å². The Morgan fingerprint density at radius 1 is 1.16 bits per heavy atom. The molecule has 0 amide bonds. The van der Waals surface area contributed by atoms with Crippen LogP contribution in [0.5, 0.6) is 0 Å². The molecule has 0 aliphatic heterocycles. The van der Waals surface area contributed by atoms with Gasteiger partial charge in [0.2, 0.25) is 5.95 Å². The molecule has 0 unspecified atom stereocenters. The Labute approximate surface area is 111 Å². The average molecular weight is 263 g/mol. The van der Waals surface area contributed by atoms with Crippen molar-refractivity contribution in [3.05, 3.63) is 30.5 Å². The summed E-state index contributed by atoms with van der Waals surface area (Å²) in [6.07, 6.45) is 5.13. The Morgan fingerprint density at radius 2 is 1.89 bits per heavy atom. The summed E-state index contributed by atoms with van der Waals surface area (Å²) in [5, 5.41) is 18.1. The van der Waals surface area contributed by atoms with Crippen LogP contribution in [0.15, 0.2) is 24.7 Å². The lowest BCUT2D eigenvalue weighted by Crippen LogP contribution is -2.30. The fraction of sp³-hybridized carbons (Fsp3) is 0.417. The lowest BCUT2D eigenvalue weighted by Gasteiger charge is -2.21. The Bertz CT molecular complexity index is 522. The fourth-order valence-corrected chi connectivity index (χ4v) is 1.80. The van der Waals surface area contributed by atoms with Gasteiger partial charge in [-0.25, -0.2) is 9.97 Å². The van der Waals surface area contributed by atoms with Gasteiger partial charge in [-0.2, -0.15) is 4.98 Å². The van der Waals surface area contributed by atoms with Crippen LogP contribution in [-0.4, -0.2) is 56.0 Å². The third-order valence-corrected chi connectivity index (χ3v) is 2.73. The van der Waals surface area contributed by atoms with Crippen LogP contribution < -0.4 is 4.90 Å². The van der Waals surface area contributed by atoms with Gasteiger partial charge in [-0.1, -0.05) is 0 Å². The van der Waals surface area contributed by atoms with Gasteiger partial charge in [0.15, 0.2) is 0 Å². The minimum absolute atomic E-state index is 0.00341. The Hall–Kier alpha value is -1.99. The number of rotatable bonds is 6. The molecule has 0 atom stereocenters. The molecule has 0 aromatic carbocycles. The largest absolute Gasteiger partial charge is 0.395 e. The summed E-state index contributed by atoms with van der Waals surface area (Å²) in [5.74, 6) is 1.99. The highest BCUT2D eigenvalue weighted by molar-refractivity contribution is 5.39. The molecule has 0 fully saturated rings. The second-order valence-corrected chi connectivity index (χ2v) is 3.99. The minimum atomic E-state index is 0.00341. The van der Waals surface area contributed by atoms with Crippen molar-refractivity contribution in [1.29, 1.82) is 0 Å². The molecular formula is C12H17N5O2. The molecule has 0 aliphatic carbocycles. The standard InChI is InChI=1S/C12H17N5O2/c1-10-13-4-5-17(10)12-14-3-2-11(15-12)16(6-8-18)7-9-19/h2-5,18-19H,6-9H2,1H3. The summed E-state index contributed by atoms with van der Waals surface area (Å²) in [5.41, 5.74) is 0. The lowest BCUT2D eigenvalue weighted by molar-refractivity contribution is 0.280. The number of aryl methyl sites for hydroxylation is 1. The quantitative estimate of drug-likeness (QED) is 0.748. The highest BCUT2D eigenvalue weighted by Gasteiger charge is 2.10. The SMILES string of the molecule is Cc1nccn1-c1nccc(N(CCO)CCO)n1. The van der Waals surface area contributed by atoms with Crippen molar-refractivity contribution in [3.63, 3.8) is 0 Å². The third kappa shape index (κ3) is 3.07. The van der Waals surface area contributed by atoms with E-state index in [9.17, 15) is 0 Å². The number of aliphatic hydroxyl groups is 2. The predicted molar refractivity (Wildman–Crippen MR) is 70.3 cm³/mol. The first-order valence-corrected chi connectivity index (χ1v) is 6.06. The van der Waals surface area contributed by atoms with Gasteiger partial charge < -0.3 is 15.1 Å². The molecule has 2 heterocycles. The highest BCUT2D eigenvalue weighted by atomic mass is 16.3. The van der Waals surface area contributed by atoms with E-state index in [0.717, 1.165) is 5.82 Å². The van der Waals surface area contributed by atoms with Crippen LogP contribution in [0.4, 0.5) is 5.82 Å². The minimum Gasteiger partial charge on any atom is -0.395 e. The van der Waals surface area contributed by atoms with Crippen LogP contribution in [0.2, 0.25) is 0 Å².